The third-order valence-corrected chi connectivity index (χ3v) is 14.7. The summed E-state index contributed by atoms with van der Waals surface area (Å²) >= 11 is 0. The molecule has 0 amide bonds. The number of hydrogen-bond donors (Lipinski definition) is 0. The number of fused-ring (bicyclic) bond motifs is 3. The van der Waals surface area contributed by atoms with Crippen LogP contribution in [0, 0.1) is 0 Å². The Labute approximate surface area is 487 Å². The van der Waals surface area contributed by atoms with Crippen LogP contribution in [0.25, 0.3) is 11.1 Å². The van der Waals surface area contributed by atoms with Crippen LogP contribution in [-0.4, -0.2) is 50.3 Å². The lowest BCUT2D eigenvalue weighted by Gasteiger charge is -2.35. The standard InChI is InChI=1S/C73H68N2O8/c1-49(2)69(76)80-45-41-53-17-29-59(30-18-53)74(60-31-19-54(20-32-60)42-46-81-70(77)50(3)4)63-37-25-57(26-38-63)73(67-15-11-9-13-65(67)66-14-10-12-16-68(66)73)58-27-39-64(40-28-58)75(61-33-21-55(22-34-61)43-47-82-71(78)51(5)6)62-35-23-56(24-36-62)44-48-83-72(79)52(7)8/h9-40H,1,3,5,7,41-48H2,2,4,6,8H3. The Hall–Kier alpha value is -9.80. The number of esters is 4. The third-order valence-electron chi connectivity index (χ3n) is 14.7. The van der Waals surface area contributed by atoms with Crippen LogP contribution in [0.2, 0.25) is 0 Å². The topological polar surface area (TPSA) is 112 Å². The predicted octanol–water partition coefficient (Wildman–Crippen LogP) is 15.6. The fourth-order valence-electron chi connectivity index (χ4n) is 10.4. The van der Waals surface area contributed by atoms with Gasteiger partial charge in [0.25, 0.3) is 0 Å². The summed E-state index contributed by atoms with van der Waals surface area (Å²) in [6.07, 6.45) is 2.22. The molecule has 0 saturated carbocycles. The van der Waals surface area contributed by atoms with Gasteiger partial charge >= 0.3 is 23.9 Å². The van der Waals surface area contributed by atoms with Crippen molar-refractivity contribution in [2.75, 3.05) is 36.2 Å². The minimum absolute atomic E-state index is 0.244. The first-order valence-electron chi connectivity index (χ1n) is 27.8. The summed E-state index contributed by atoms with van der Waals surface area (Å²) in [6, 6.07) is 68.3. The normalized spacial score (nSPS) is 11.8. The van der Waals surface area contributed by atoms with Gasteiger partial charge in [0.1, 0.15) is 0 Å². The summed E-state index contributed by atoms with van der Waals surface area (Å²) in [7, 11) is 0. The van der Waals surface area contributed by atoms with Gasteiger partial charge < -0.3 is 28.7 Å². The molecule has 0 aromatic heterocycles. The smallest absolute Gasteiger partial charge is 0.333 e. The summed E-state index contributed by atoms with van der Waals surface area (Å²) in [4.78, 5) is 53.0. The molecule has 0 spiro atoms. The molecule has 83 heavy (non-hydrogen) atoms. The van der Waals surface area contributed by atoms with E-state index in [4.69, 9.17) is 18.9 Å². The highest BCUT2D eigenvalue weighted by Gasteiger charge is 2.46. The van der Waals surface area contributed by atoms with Crippen molar-refractivity contribution < 1.29 is 38.1 Å². The molecule has 418 valence electrons. The van der Waals surface area contributed by atoms with E-state index in [9.17, 15) is 19.2 Å². The molecule has 0 N–H and O–H groups in total. The first kappa shape index (κ1) is 57.9. The molecule has 0 heterocycles. The molecule has 9 rings (SSSR count). The Morgan fingerprint density at radius 2 is 0.542 bits per heavy atom. The second-order valence-electron chi connectivity index (χ2n) is 20.9. The van der Waals surface area contributed by atoms with Crippen molar-refractivity contribution in [1.82, 2.24) is 0 Å². The molecule has 10 heteroatoms. The molecule has 0 saturated heterocycles. The summed E-state index contributed by atoms with van der Waals surface area (Å²) in [5, 5.41) is 0. The van der Waals surface area contributed by atoms with Gasteiger partial charge in [-0.15, -0.1) is 0 Å². The Morgan fingerprint density at radius 1 is 0.325 bits per heavy atom. The van der Waals surface area contributed by atoms with Crippen LogP contribution in [0.15, 0.2) is 243 Å². The summed E-state index contributed by atoms with van der Waals surface area (Å²) in [6.45, 7) is 22.3. The zero-order valence-corrected chi connectivity index (χ0v) is 47.6. The van der Waals surface area contributed by atoms with Crippen molar-refractivity contribution in [2.24, 2.45) is 0 Å². The summed E-state index contributed by atoms with van der Waals surface area (Å²) < 4.78 is 21.7. The van der Waals surface area contributed by atoms with Crippen molar-refractivity contribution in [3.8, 4) is 11.1 Å². The molecule has 1 aliphatic rings. The summed E-state index contributed by atoms with van der Waals surface area (Å²) in [5.41, 5.74) is 17.4. The van der Waals surface area contributed by atoms with E-state index in [0.29, 0.717) is 48.0 Å². The first-order chi connectivity index (χ1) is 40.1. The molecule has 8 aromatic rings. The quantitative estimate of drug-likeness (QED) is 0.0329. The maximum Gasteiger partial charge on any atom is 0.333 e. The molecule has 0 fully saturated rings. The van der Waals surface area contributed by atoms with Gasteiger partial charge in [0.05, 0.1) is 31.8 Å². The second-order valence-corrected chi connectivity index (χ2v) is 20.9. The zero-order valence-electron chi connectivity index (χ0n) is 47.6. The van der Waals surface area contributed by atoms with Gasteiger partial charge in [-0.1, -0.05) is 148 Å². The molecule has 0 unspecified atom stereocenters. The number of anilines is 6. The molecule has 0 bridgehead atoms. The summed E-state index contributed by atoms with van der Waals surface area (Å²) in [5.74, 6) is -1.62. The highest BCUT2D eigenvalue weighted by molar-refractivity contribution is 5.90. The average Bonchev–Trinajstić information content (AvgIpc) is 3.72. The first-order valence-corrected chi connectivity index (χ1v) is 27.8. The van der Waals surface area contributed by atoms with Crippen molar-refractivity contribution in [3.63, 3.8) is 0 Å². The van der Waals surface area contributed by atoms with Gasteiger partial charge in [-0.05, 0) is 156 Å². The third kappa shape index (κ3) is 13.2. The van der Waals surface area contributed by atoms with E-state index < -0.39 is 29.3 Å². The van der Waals surface area contributed by atoms with E-state index in [1.54, 1.807) is 27.7 Å². The van der Waals surface area contributed by atoms with Crippen LogP contribution >= 0.6 is 0 Å². The van der Waals surface area contributed by atoms with Gasteiger partial charge in [0, 0.05) is 82.1 Å². The minimum atomic E-state index is -0.713. The largest absolute Gasteiger partial charge is 0.462 e. The molecule has 0 aliphatic heterocycles. The lowest BCUT2D eigenvalue weighted by atomic mass is 9.67. The van der Waals surface area contributed by atoms with Crippen LogP contribution < -0.4 is 9.80 Å². The number of hydrogen-bond acceptors (Lipinski definition) is 10. The van der Waals surface area contributed by atoms with Crippen LogP contribution in [-0.2, 0) is 69.2 Å². The molecule has 8 aromatic carbocycles. The lowest BCUT2D eigenvalue weighted by molar-refractivity contribution is -0.139. The maximum atomic E-state index is 12.1. The van der Waals surface area contributed by atoms with E-state index in [1.807, 2.05) is 0 Å². The van der Waals surface area contributed by atoms with Gasteiger partial charge in [-0.25, -0.2) is 19.2 Å². The highest BCUT2D eigenvalue weighted by Crippen LogP contribution is 2.56. The number of benzene rings is 8. The Bertz CT molecular complexity index is 3300. The molecule has 0 radical (unpaired) electrons. The zero-order chi connectivity index (χ0) is 58.6. The van der Waals surface area contributed by atoms with E-state index in [2.05, 4.69) is 230 Å². The number of rotatable bonds is 24. The maximum absolute atomic E-state index is 12.1. The van der Waals surface area contributed by atoms with Crippen molar-refractivity contribution in [2.45, 2.75) is 58.8 Å². The number of ether oxygens (including phenoxy) is 4. The molecular weight excluding hydrogens is 1030 g/mol. The molecule has 0 atom stereocenters. The highest BCUT2D eigenvalue weighted by atomic mass is 16.5. The van der Waals surface area contributed by atoms with Gasteiger partial charge in [0.2, 0.25) is 0 Å². The fraction of sp³-hybridized carbons (Fsp3) is 0.178. The van der Waals surface area contributed by atoms with E-state index in [-0.39, 0.29) is 26.4 Å². The van der Waals surface area contributed by atoms with Gasteiger partial charge in [0.15, 0.2) is 0 Å². The van der Waals surface area contributed by atoms with Crippen molar-refractivity contribution in [1.29, 1.82) is 0 Å². The molecular formula is C73H68N2O8. The fourth-order valence-corrected chi connectivity index (χ4v) is 10.4. The SMILES string of the molecule is C=C(C)C(=O)OCCc1ccc(N(c2ccc(CCOC(=O)C(=C)C)cc2)c2ccc(C3(c4ccc(N(c5ccc(CCOC(=O)C(=C)C)cc5)c5ccc(CCOC(=O)C(=C)C)cc5)cc4)c4ccccc4-c4ccccc43)cc2)cc1. The molecule has 10 nitrogen and oxygen atoms in total. The number of nitrogens with zero attached hydrogens (tertiary/aromatic N) is 2. The monoisotopic (exact) mass is 1100 g/mol. The number of carbonyl (C=O) groups excluding carboxylic acids is 4. The van der Waals surface area contributed by atoms with Crippen LogP contribution in [0.3, 0.4) is 0 Å². The van der Waals surface area contributed by atoms with Crippen LogP contribution in [0.1, 0.15) is 72.2 Å². The Morgan fingerprint density at radius 3 is 0.771 bits per heavy atom. The van der Waals surface area contributed by atoms with Crippen molar-refractivity contribution >= 4 is 58.0 Å². The lowest BCUT2D eigenvalue weighted by Crippen LogP contribution is -2.28. The van der Waals surface area contributed by atoms with Crippen molar-refractivity contribution in [3.05, 3.63) is 287 Å². The number of carbonyl (C=O) groups is 4. The minimum Gasteiger partial charge on any atom is -0.462 e. The van der Waals surface area contributed by atoms with E-state index in [1.165, 1.54) is 22.3 Å². The Kier molecular flexibility index (Phi) is 18.3. The Balaban J connectivity index is 1.09. The van der Waals surface area contributed by atoms with E-state index >= 15 is 0 Å². The molecule has 1 aliphatic carbocycles. The van der Waals surface area contributed by atoms with Crippen LogP contribution in [0.5, 0.6) is 0 Å². The second kappa shape index (κ2) is 26.2. The van der Waals surface area contributed by atoms with E-state index in [0.717, 1.165) is 67.5 Å². The van der Waals surface area contributed by atoms with Gasteiger partial charge in [-0.3, -0.25) is 0 Å². The van der Waals surface area contributed by atoms with Crippen LogP contribution in [0.4, 0.5) is 34.1 Å². The average molecular weight is 1100 g/mol. The van der Waals surface area contributed by atoms with Gasteiger partial charge in [-0.2, -0.15) is 0 Å². The predicted molar refractivity (Wildman–Crippen MR) is 331 cm³/mol.